The largest absolute Gasteiger partial charge is 0.268 e. The highest BCUT2D eigenvalue weighted by molar-refractivity contribution is 9.10. The van der Waals surface area contributed by atoms with E-state index in [-0.39, 0.29) is 6.54 Å². The van der Waals surface area contributed by atoms with Crippen molar-refractivity contribution in [2.24, 2.45) is 7.05 Å². The Morgan fingerprint density at radius 3 is 2.74 bits per heavy atom. The molecule has 3 aromatic rings. The van der Waals surface area contributed by atoms with E-state index in [0.717, 1.165) is 20.9 Å². The van der Waals surface area contributed by atoms with Crippen molar-refractivity contribution in [2.45, 2.75) is 18.4 Å². The Kier molecular flexibility index (Phi) is 4.27. The number of halogens is 1. The van der Waals surface area contributed by atoms with Crippen LogP contribution >= 0.6 is 15.9 Å². The molecule has 23 heavy (non-hydrogen) atoms. The number of hydrogen-bond acceptors (Lipinski definition) is 3. The normalized spacial score (nSPS) is 12.0. The van der Waals surface area contributed by atoms with Gasteiger partial charge in [-0.25, -0.2) is 13.1 Å². The zero-order chi connectivity index (χ0) is 16.6. The van der Waals surface area contributed by atoms with Crippen LogP contribution in [0.5, 0.6) is 0 Å². The average molecular weight is 394 g/mol. The molecule has 0 radical (unpaired) electrons. The number of rotatable bonds is 4. The number of hydrogen-bond donors (Lipinski definition) is 1. The number of sulfonamides is 1. The van der Waals surface area contributed by atoms with E-state index in [0.29, 0.717) is 10.5 Å². The van der Waals surface area contributed by atoms with Gasteiger partial charge in [0.25, 0.3) is 0 Å². The topological polar surface area (TPSA) is 64.0 Å². The maximum Gasteiger partial charge on any atom is 0.241 e. The predicted molar refractivity (Wildman–Crippen MR) is 93.6 cm³/mol. The van der Waals surface area contributed by atoms with Crippen LogP contribution in [-0.2, 0) is 23.6 Å². The Bertz CT molecular complexity index is 980. The van der Waals surface area contributed by atoms with Crippen LogP contribution in [0.25, 0.3) is 10.9 Å². The molecule has 5 nitrogen and oxygen atoms in total. The monoisotopic (exact) mass is 393 g/mol. The van der Waals surface area contributed by atoms with Gasteiger partial charge in [0.05, 0.1) is 16.6 Å². The van der Waals surface area contributed by atoms with Crippen molar-refractivity contribution in [3.8, 4) is 0 Å². The van der Waals surface area contributed by atoms with E-state index in [9.17, 15) is 8.42 Å². The smallest absolute Gasteiger partial charge is 0.241 e. The summed E-state index contributed by atoms with van der Waals surface area (Å²) >= 11 is 3.34. The summed E-state index contributed by atoms with van der Waals surface area (Å²) in [5, 5.41) is 5.18. The van der Waals surface area contributed by atoms with Crippen molar-refractivity contribution in [3.05, 3.63) is 58.2 Å². The molecule has 0 unspecified atom stereocenters. The summed E-state index contributed by atoms with van der Waals surface area (Å²) in [6, 6.07) is 10.9. The molecule has 0 atom stereocenters. The predicted octanol–water partition coefficient (Wildman–Crippen LogP) is 3.12. The second-order valence-electron chi connectivity index (χ2n) is 5.40. The third kappa shape index (κ3) is 3.31. The van der Waals surface area contributed by atoms with Gasteiger partial charge in [0.2, 0.25) is 10.0 Å². The lowest BCUT2D eigenvalue weighted by Crippen LogP contribution is -2.24. The number of aryl methyl sites for hydroxylation is 2. The molecule has 0 amide bonds. The molecule has 0 bridgehead atoms. The molecule has 0 fully saturated rings. The number of nitrogens with one attached hydrogen (secondary N) is 1. The van der Waals surface area contributed by atoms with Crippen molar-refractivity contribution in [1.29, 1.82) is 0 Å². The van der Waals surface area contributed by atoms with Crippen molar-refractivity contribution in [2.75, 3.05) is 0 Å². The molecule has 3 rings (SSSR count). The lowest BCUT2D eigenvalue weighted by atomic mass is 10.2. The van der Waals surface area contributed by atoms with Gasteiger partial charge in [0.15, 0.2) is 0 Å². The van der Waals surface area contributed by atoms with Gasteiger partial charge in [0, 0.05) is 23.5 Å². The van der Waals surface area contributed by atoms with E-state index in [1.54, 1.807) is 36.0 Å². The highest BCUT2D eigenvalue weighted by Gasteiger charge is 2.16. The highest BCUT2D eigenvalue weighted by atomic mass is 79.9. The fourth-order valence-electron chi connectivity index (χ4n) is 2.49. The summed E-state index contributed by atoms with van der Waals surface area (Å²) in [6.45, 7) is 2.02. The summed E-state index contributed by atoms with van der Waals surface area (Å²) < 4.78 is 30.2. The number of nitrogens with zero attached hydrogens (tertiary/aromatic N) is 2. The molecule has 0 saturated heterocycles. The lowest BCUT2D eigenvalue weighted by molar-refractivity contribution is 0.580. The van der Waals surface area contributed by atoms with E-state index < -0.39 is 10.0 Å². The van der Waals surface area contributed by atoms with Crippen LogP contribution < -0.4 is 4.72 Å². The van der Waals surface area contributed by atoms with Crippen molar-refractivity contribution in [3.63, 3.8) is 0 Å². The lowest BCUT2D eigenvalue weighted by Gasteiger charge is -2.10. The molecule has 0 aliphatic rings. The van der Waals surface area contributed by atoms with E-state index in [1.165, 1.54) is 0 Å². The Labute approximate surface area is 143 Å². The molecular formula is C16H16BrN3O2S. The van der Waals surface area contributed by atoms with Gasteiger partial charge in [-0.15, -0.1) is 0 Å². The van der Waals surface area contributed by atoms with Crippen LogP contribution in [0.2, 0.25) is 0 Å². The van der Waals surface area contributed by atoms with Crippen molar-refractivity contribution < 1.29 is 8.42 Å². The molecular weight excluding hydrogens is 378 g/mol. The molecule has 1 N–H and O–H groups in total. The summed E-state index contributed by atoms with van der Waals surface area (Å²) in [7, 11) is -1.67. The first-order valence-electron chi connectivity index (χ1n) is 7.03. The Morgan fingerprint density at radius 1 is 1.22 bits per heavy atom. The molecule has 1 aromatic heterocycles. The molecule has 0 saturated carbocycles. The quantitative estimate of drug-likeness (QED) is 0.740. The fourth-order valence-corrected chi connectivity index (χ4v) is 4.21. The SMILES string of the molecule is Cc1cc(Br)ccc1S(=O)(=O)NCc1ccc2c(cnn2C)c1. The zero-order valence-electron chi connectivity index (χ0n) is 12.7. The summed E-state index contributed by atoms with van der Waals surface area (Å²) in [5.74, 6) is 0. The zero-order valence-corrected chi connectivity index (χ0v) is 15.1. The average Bonchev–Trinajstić information content (AvgIpc) is 2.86. The summed E-state index contributed by atoms with van der Waals surface area (Å²) in [4.78, 5) is 0.295. The molecule has 0 aliphatic heterocycles. The minimum absolute atomic E-state index is 0.239. The van der Waals surface area contributed by atoms with E-state index in [2.05, 4.69) is 25.8 Å². The molecule has 2 aromatic carbocycles. The Morgan fingerprint density at radius 2 is 2.00 bits per heavy atom. The minimum atomic E-state index is -3.55. The second-order valence-corrected chi connectivity index (χ2v) is 8.05. The van der Waals surface area contributed by atoms with Gasteiger partial charge in [-0.1, -0.05) is 22.0 Å². The first-order chi connectivity index (χ1) is 10.9. The standard InChI is InChI=1S/C16H16BrN3O2S/c1-11-7-14(17)4-6-16(11)23(21,22)19-9-12-3-5-15-13(8-12)10-18-20(15)2/h3-8,10,19H,9H2,1-2H3. The van der Waals surface area contributed by atoms with Crippen LogP contribution in [0.3, 0.4) is 0 Å². The van der Waals surface area contributed by atoms with Crippen LogP contribution in [0.1, 0.15) is 11.1 Å². The number of fused-ring (bicyclic) bond motifs is 1. The van der Waals surface area contributed by atoms with Crippen LogP contribution in [0, 0.1) is 6.92 Å². The van der Waals surface area contributed by atoms with E-state index in [4.69, 9.17) is 0 Å². The van der Waals surface area contributed by atoms with E-state index in [1.807, 2.05) is 25.2 Å². The first kappa shape index (κ1) is 16.2. The maximum atomic E-state index is 12.5. The first-order valence-corrected chi connectivity index (χ1v) is 9.31. The van der Waals surface area contributed by atoms with Crippen molar-refractivity contribution in [1.82, 2.24) is 14.5 Å². The van der Waals surface area contributed by atoms with Crippen LogP contribution in [0.15, 0.2) is 52.0 Å². The third-order valence-electron chi connectivity index (χ3n) is 3.70. The van der Waals surface area contributed by atoms with E-state index >= 15 is 0 Å². The molecule has 1 heterocycles. The number of aromatic nitrogens is 2. The molecule has 120 valence electrons. The van der Waals surface area contributed by atoms with Crippen LogP contribution in [-0.4, -0.2) is 18.2 Å². The molecule has 0 aliphatic carbocycles. The second kappa shape index (κ2) is 6.07. The summed E-state index contributed by atoms with van der Waals surface area (Å²) in [6.07, 6.45) is 1.77. The van der Waals surface area contributed by atoms with Gasteiger partial charge >= 0.3 is 0 Å². The van der Waals surface area contributed by atoms with Gasteiger partial charge in [-0.2, -0.15) is 5.10 Å². The number of benzene rings is 2. The van der Waals surface area contributed by atoms with Crippen molar-refractivity contribution >= 4 is 36.9 Å². The third-order valence-corrected chi connectivity index (χ3v) is 5.76. The van der Waals surface area contributed by atoms with Crippen LogP contribution in [0.4, 0.5) is 0 Å². The molecule has 0 spiro atoms. The summed E-state index contributed by atoms with van der Waals surface area (Å²) in [5.41, 5.74) is 2.61. The fraction of sp³-hybridized carbons (Fsp3) is 0.188. The van der Waals surface area contributed by atoms with Gasteiger partial charge < -0.3 is 0 Å². The van der Waals surface area contributed by atoms with Gasteiger partial charge in [-0.05, 0) is 48.4 Å². The highest BCUT2D eigenvalue weighted by Crippen LogP contribution is 2.20. The maximum absolute atomic E-state index is 12.5. The van der Waals surface area contributed by atoms with Gasteiger partial charge in [0.1, 0.15) is 0 Å². The Balaban J connectivity index is 1.82. The Hall–Kier alpha value is -1.70. The molecule has 7 heteroatoms. The van der Waals surface area contributed by atoms with Gasteiger partial charge in [-0.3, -0.25) is 4.68 Å². The minimum Gasteiger partial charge on any atom is -0.268 e.